The van der Waals surface area contributed by atoms with Gasteiger partial charge in [0.15, 0.2) is 4.32 Å². The zero-order valence-corrected chi connectivity index (χ0v) is 17.8. The van der Waals surface area contributed by atoms with Crippen LogP contribution in [0.3, 0.4) is 0 Å². The number of thiocarbonyl (C=S) groups is 1. The summed E-state index contributed by atoms with van der Waals surface area (Å²) in [5.74, 6) is -0.960. The second-order valence-electron chi connectivity index (χ2n) is 5.64. The van der Waals surface area contributed by atoms with Crippen LogP contribution >= 0.6 is 39.9 Å². The van der Waals surface area contributed by atoms with Crippen molar-refractivity contribution < 1.29 is 14.5 Å². The maximum atomic E-state index is 12.6. The van der Waals surface area contributed by atoms with E-state index in [0.717, 1.165) is 16.8 Å². The number of rotatable bonds is 5. The Kier molecular flexibility index (Phi) is 6.57. The van der Waals surface area contributed by atoms with Crippen LogP contribution in [0.5, 0.6) is 0 Å². The van der Waals surface area contributed by atoms with Gasteiger partial charge in [-0.3, -0.25) is 25.1 Å². The Labute approximate surface area is 183 Å². The lowest BCUT2D eigenvalue weighted by Gasteiger charge is -2.16. The number of nitrogens with zero attached hydrogens (tertiary/aromatic N) is 2. The Morgan fingerprint density at radius 1 is 1.21 bits per heavy atom. The monoisotopic (exact) mass is 489 g/mol. The normalized spacial score (nSPS) is 15.3. The zero-order chi connectivity index (χ0) is 21.0. The van der Waals surface area contributed by atoms with Crippen LogP contribution < -0.4 is 5.43 Å². The van der Waals surface area contributed by atoms with Gasteiger partial charge >= 0.3 is 0 Å². The number of hydrogen-bond acceptors (Lipinski definition) is 6. The van der Waals surface area contributed by atoms with E-state index in [1.807, 2.05) is 0 Å². The highest BCUT2D eigenvalue weighted by Crippen LogP contribution is 2.30. The summed E-state index contributed by atoms with van der Waals surface area (Å²) in [6.07, 6.45) is 4.56. The maximum Gasteiger partial charge on any atom is 0.285 e. The number of allylic oxidation sites excluding steroid dienone is 2. The van der Waals surface area contributed by atoms with Crippen molar-refractivity contribution in [1.82, 2.24) is 10.4 Å². The Hall–Kier alpha value is -2.82. The number of nitro groups is 1. The summed E-state index contributed by atoms with van der Waals surface area (Å²) in [7, 11) is 0. The molecule has 2 aromatic carbocycles. The molecule has 0 atom stereocenters. The Balaban J connectivity index is 1.74. The first-order valence-corrected chi connectivity index (χ1v) is 10.1. The molecule has 1 N–H and O–H groups in total. The lowest BCUT2D eigenvalue weighted by atomic mass is 10.1. The number of benzene rings is 2. The van der Waals surface area contributed by atoms with Crippen molar-refractivity contribution in [3.63, 3.8) is 0 Å². The summed E-state index contributed by atoms with van der Waals surface area (Å²) in [6, 6.07) is 13.1. The number of hydrogen-bond donors (Lipinski definition) is 1. The van der Waals surface area contributed by atoms with Gasteiger partial charge in [0.2, 0.25) is 0 Å². The number of nitro benzene ring substituents is 1. The molecular formula is C19H12BrN3O4S2. The van der Waals surface area contributed by atoms with Gasteiger partial charge in [-0.15, -0.1) is 0 Å². The molecular weight excluding hydrogens is 478 g/mol. The Bertz CT molecular complexity index is 1080. The quantitative estimate of drug-likeness (QED) is 0.288. The third-order valence-corrected chi connectivity index (χ3v) is 5.79. The molecule has 1 fully saturated rings. The number of halogens is 1. The van der Waals surface area contributed by atoms with E-state index < -0.39 is 16.7 Å². The molecule has 0 aliphatic carbocycles. The molecule has 1 heterocycles. The minimum Gasteiger partial charge on any atom is -0.267 e. The van der Waals surface area contributed by atoms with Crippen molar-refractivity contribution in [1.29, 1.82) is 0 Å². The lowest BCUT2D eigenvalue weighted by Crippen LogP contribution is -2.44. The number of amides is 2. The van der Waals surface area contributed by atoms with E-state index in [1.54, 1.807) is 42.5 Å². The van der Waals surface area contributed by atoms with Gasteiger partial charge in [-0.05, 0) is 58.5 Å². The summed E-state index contributed by atoms with van der Waals surface area (Å²) >= 11 is 9.50. The van der Waals surface area contributed by atoms with Crippen molar-refractivity contribution in [3.8, 4) is 0 Å². The van der Waals surface area contributed by atoms with E-state index in [9.17, 15) is 19.7 Å². The largest absolute Gasteiger partial charge is 0.285 e. The molecule has 0 bridgehead atoms. The lowest BCUT2D eigenvalue weighted by molar-refractivity contribution is -0.385. The predicted octanol–water partition coefficient (Wildman–Crippen LogP) is 4.46. The predicted molar refractivity (Wildman–Crippen MR) is 119 cm³/mol. The molecule has 0 aromatic heterocycles. The van der Waals surface area contributed by atoms with Crippen molar-refractivity contribution in [2.24, 2.45) is 0 Å². The molecule has 0 spiro atoms. The summed E-state index contributed by atoms with van der Waals surface area (Å²) in [4.78, 5) is 35.9. The molecule has 1 saturated heterocycles. The SMILES string of the molecule is O=C(NN1C(=O)/C(=C/C=C/c2ccccc2[N+](=O)[O-])SC1=S)c1ccccc1Br. The van der Waals surface area contributed by atoms with E-state index in [0.29, 0.717) is 15.6 Å². The minimum atomic E-state index is -0.481. The summed E-state index contributed by atoms with van der Waals surface area (Å²) in [6.45, 7) is 0. The van der Waals surface area contributed by atoms with Crippen LogP contribution in [0.25, 0.3) is 6.08 Å². The number of hydrazine groups is 1. The van der Waals surface area contributed by atoms with Gasteiger partial charge < -0.3 is 0 Å². The van der Waals surface area contributed by atoms with E-state index in [1.165, 1.54) is 24.3 Å². The number of nitrogens with one attached hydrogen (secondary N) is 1. The average molecular weight is 490 g/mol. The standard InChI is InChI=1S/C19H12BrN3O4S2/c20-14-9-3-2-8-13(14)17(24)21-22-18(25)16(29-19(22)28)11-5-7-12-6-1-4-10-15(12)23(26)27/h1-11H,(H,21,24)/b7-5+,16-11-. The number of carbonyl (C=O) groups is 2. The van der Waals surface area contributed by atoms with Crippen molar-refractivity contribution in [2.75, 3.05) is 0 Å². The first-order valence-electron chi connectivity index (χ1n) is 8.12. The van der Waals surface area contributed by atoms with Crippen molar-refractivity contribution in [2.45, 2.75) is 0 Å². The molecule has 2 amide bonds. The molecule has 0 saturated carbocycles. The summed E-state index contributed by atoms with van der Waals surface area (Å²) < 4.78 is 0.770. The highest BCUT2D eigenvalue weighted by Gasteiger charge is 2.33. The molecule has 1 aliphatic heterocycles. The first kappa shape index (κ1) is 20.9. The van der Waals surface area contributed by atoms with Gasteiger partial charge in [0.05, 0.1) is 21.0 Å². The van der Waals surface area contributed by atoms with Crippen LogP contribution in [0.15, 0.2) is 70.1 Å². The minimum absolute atomic E-state index is 0.0367. The first-order chi connectivity index (χ1) is 13.9. The number of thioether (sulfide) groups is 1. The highest BCUT2D eigenvalue weighted by molar-refractivity contribution is 9.10. The van der Waals surface area contributed by atoms with Gasteiger partial charge in [0.25, 0.3) is 17.5 Å². The smallest absolute Gasteiger partial charge is 0.267 e. The Morgan fingerprint density at radius 3 is 2.62 bits per heavy atom. The fourth-order valence-corrected chi connectivity index (χ4v) is 4.02. The topological polar surface area (TPSA) is 92.6 Å². The van der Waals surface area contributed by atoms with Crippen LogP contribution in [0.4, 0.5) is 5.69 Å². The molecule has 146 valence electrons. The highest BCUT2D eigenvalue weighted by atomic mass is 79.9. The maximum absolute atomic E-state index is 12.6. The fourth-order valence-electron chi connectivity index (χ4n) is 2.42. The molecule has 7 nitrogen and oxygen atoms in total. The van der Waals surface area contributed by atoms with Gasteiger partial charge in [0, 0.05) is 10.5 Å². The van der Waals surface area contributed by atoms with Crippen LogP contribution in [-0.2, 0) is 4.79 Å². The summed E-state index contributed by atoms with van der Waals surface area (Å²) in [5.41, 5.74) is 3.23. The van der Waals surface area contributed by atoms with Gasteiger partial charge in [-0.25, -0.2) is 0 Å². The number of para-hydroxylation sites is 1. The Morgan fingerprint density at radius 2 is 1.90 bits per heavy atom. The van der Waals surface area contributed by atoms with Gasteiger partial charge in [-0.1, -0.05) is 42.1 Å². The van der Waals surface area contributed by atoms with Gasteiger partial charge in [0.1, 0.15) is 0 Å². The van der Waals surface area contributed by atoms with E-state index in [2.05, 4.69) is 21.4 Å². The van der Waals surface area contributed by atoms with Crippen LogP contribution in [0.1, 0.15) is 15.9 Å². The van der Waals surface area contributed by atoms with Crippen molar-refractivity contribution in [3.05, 3.63) is 91.3 Å². The average Bonchev–Trinajstić information content (AvgIpc) is 2.96. The van der Waals surface area contributed by atoms with E-state index in [4.69, 9.17) is 12.2 Å². The van der Waals surface area contributed by atoms with Gasteiger partial charge in [-0.2, -0.15) is 5.01 Å². The molecule has 10 heteroatoms. The van der Waals surface area contributed by atoms with E-state index in [-0.39, 0.29) is 14.9 Å². The second-order valence-corrected chi connectivity index (χ2v) is 8.17. The molecule has 0 radical (unpaired) electrons. The molecule has 2 aromatic rings. The molecule has 1 aliphatic rings. The van der Waals surface area contributed by atoms with E-state index >= 15 is 0 Å². The third-order valence-electron chi connectivity index (χ3n) is 3.78. The second kappa shape index (κ2) is 9.12. The van der Waals surface area contributed by atoms with Crippen LogP contribution in [0, 0.1) is 10.1 Å². The van der Waals surface area contributed by atoms with Crippen LogP contribution in [0.2, 0.25) is 0 Å². The summed E-state index contributed by atoms with van der Waals surface area (Å²) in [5, 5.41) is 12.1. The number of carbonyl (C=O) groups excluding carboxylic acids is 2. The molecule has 3 rings (SSSR count). The molecule has 0 unspecified atom stereocenters. The molecule has 29 heavy (non-hydrogen) atoms. The van der Waals surface area contributed by atoms with Crippen LogP contribution in [-0.4, -0.2) is 26.1 Å². The zero-order valence-electron chi connectivity index (χ0n) is 14.6. The third kappa shape index (κ3) is 4.78. The van der Waals surface area contributed by atoms with Crippen molar-refractivity contribution >= 4 is 67.8 Å². The fraction of sp³-hybridized carbons (Fsp3) is 0.